The Bertz CT molecular complexity index is 2950. The van der Waals surface area contributed by atoms with Crippen LogP contribution in [0.4, 0.5) is 55.4 Å². The highest BCUT2D eigenvalue weighted by Crippen LogP contribution is 2.34. The van der Waals surface area contributed by atoms with E-state index in [1.165, 1.54) is 6.26 Å². The predicted octanol–water partition coefficient (Wildman–Crippen LogP) is 9.68. The Labute approximate surface area is 343 Å². The van der Waals surface area contributed by atoms with Crippen molar-refractivity contribution < 1.29 is 58.6 Å². The van der Waals surface area contributed by atoms with Gasteiger partial charge in [-0.2, -0.15) is 0 Å². The summed E-state index contributed by atoms with van der Waals surface area (Å²) in [4.78, 5) is 52.5. The van der Waals surface area contributed by atoms with E-state index in [1.807, 2.05) is 0 Å². The van der Waals surface area contributed by atoms with Gasteiger partial charge in [0.1, 0.15) is 57.7 Å². The fourth-order valence-electron chi connectivity index (χ4n) is 5.66. The van der Waals surface area contributed by atoms with Crippen molar-refractivity contribution in [3.63, 3.8) is 0 Å². The van der Waals surface area contributed by atoms with E-state index in [0.717, 1.165) is 53.9 Å². The number of rotatable bonds is 9. The maximum atomic E-state index is 14.6. The average molecular weight is 891 g/mol. The number of nitrogens with one attached hydrogen (secondary N) is 1. The second-order valence-corrected chi connectivity index (χ2v) is 13.6. The molecule has 3 heterocycles. The van der Waals surface area contributed by atoms with Crippen LogP contribution in [0.3, 0.4) is 0 Å². The standard InChI is InChI=1S/C21H10F5N3O3S.C18H10F5N3OS/c1-33-21-27-16(10-3-2-8(22)4-13(10)24)11-7-12(20(31)32)19(30)29(18(11)28-21)17-14(25)5-9(23)6-15(17)26;1-28-18-25-15(10-3-2-8(19)4-12(10)21)11(7-27)17(26-18)24-16-13(22)5-9(20)6-14(16)23/h2-7H,1H3,(H,31,32);2-7H,1H3,(H,24,25,26). The number of carbonyl (C=O) groups excluding carboxylic acids is 1. The Morgan fingerprint density at radius 2 is 1.11 bits per heavy atom. The molecule has 0 atom stereocenters. The zero-order valence-electron chi connectivity index (χ0n) is 30.4. The number of aromatic nitrogens is 5. The van der Waals surface area contributed by atoms with E-state index in [1.54, 1.807) is 6.26 Å². The summed E-state index contributed by atoms with van der Waals surface area (Å²) in [5.74, 6) is -13.8. The van der Waals surface area contributed by atoms with Crippen LogP contribution in [-0.4, -0.2) is 54.4 Å². The van der Waals surface area contributed by atoms with E-state index in [9.17, 15) is 63.4 Å². The lowest BCUT2D eigenvalue weighted by molar-refractivity contribution is 0.0694. The highest BCUT2D eigenvalue weighted by molar-refractivity contribution is 7.98. The summed E-state index contributed by atoms with van der Waals surface area (Å²) in [6.45, 7) is 0. The zero-order chi connectivity index (χ0) is 44.4. The lowest BCUT2D eigenvalue weighted by Gasteiger charge is -2.16. The van der Waals surface area contributed by atoms with Crippen LogP contribution in [0, 0.1) is 58.2 Å². The Hall–Kier alpha value is -6.81. The number of fused-ring (bicyclic) bond motifs is 1. The molecule has 0 saturated heterocycles. The molecule has 3 aromatic heterocycles. The molecule has 0 aliphatic heterocycles. The number of thioether (sulfide) groups is 2. The Balaban J connectivity index is 0.000000207. The number of anilines is 2. The quantitative estimate of drug-likeness (QED) is 0.0620. The monoisotopic (exact) mass is 890 g/mol. The van der Waals surface area contributed by atoms with Gasteiger partial charge < -0.3 is 10.4 Å². The van der Waals surface area contributed by atoms with Crippen LogP contribution < -0.4 is 10.9 Å². The highest BCUT2D eigenvalue weighted by Gasteiger charge is 2.26. The molecular weight excluding hydrogens is 871 g/mol. The van der Waals surface area contributed by atoms with Crippen LogP contribution in [0.15, 0.2) is 81.8 Å². The van der Waals surface area contributed by atoms with Gasteiger partial charge in [-0.15, -0.1) is 0 Å². The number of carboxylic acids is 1. The van der Waals surface area contributed by atoms with Gasteiger partial charge in [0.25, 0.3) is 5.56 Å². The number of hydrogen-bond donors (Lipinski definition) is 2. The van der Waals surface area contributed by atoms with Gasteiger partial charge in [0, 0.05) is 52.9 Å². The first-order valence-corrected chi connectivity index (χ1v) is 19.0. The topological polar surface area (TPSA) is 140 Å². The van der Waals surface area contributed by atoms with Crippen molar-refractivity contribution in [2.75, 3.05) is 17.8 Å². The summed E-state index contributed by atoms with van der Waals surface area (Å²) in [7, 11) is 0. The van der Waals surface area contributed by atoms with Gasteiger partial charge in [0.15, 0.2) is 45.5 Å². The summed E-state index contributed by atoms with van der Waals surface area (Å²) in [5.41, 5.74) is -5.83. The Kier molecular flexibility index (Phi) is 12.8. The predicted molar refractivity (Wildman–Crippen MR) is 203 cm³/mol. The van der Waals surface area contributed by atoms with E-state index in [0.29, 0.717) is 41.0 Å². The van der Waals surface area contributed by atoms with Crippen molar-refractivity contribution in [3.8, 4) is 28.2 Å². The van der Waals surface area contributed by atoms with Gasteiger partial charge in [-0.05, 0) is 42.8 Å². The smallest absolute Gasteiger partial charge is 0.341 e. The molecule has 0 aliphatic carbocycles. The third-order valence-corrected chi connectivity index (χ3v) is 9.40. The lowest BCUT2D eigenvalue weighted by atomic mass is 10.1. The maximum absolute atomic E-state index is 14.6. The van der Waals surface area contributed by atoms with Gasteiger partial charge in [-0.25, -0.2) is 68.6 Å². The first-order valence-electron chi connectivity index (χ1n) is 16.6. The summed E-state index contributed by atoms with van der Waals surface area (Å²) < 4.78 is 140. The molecule has 7 rings (SSSR count). The molecular formula is C39H20F10N6O4S2. The van der Waals surface area contributed by atoms with E-state index in [4.69, 9.17) is 0 Å². The molecule has 0 aliphatic rings. The number of hydrogen-bond acceptors (Lipinski definition) is 10. The van der Waals surface area contributed by atoms with Gasteiger partial charge in [-0.3, -0.25) is 14.2 Å². The lowest BCUT2D eigenvalue weighted by Crippen LogP contribution is -2.28. The van der Waals surface area contributed by atoms with Crippen molar-refractivity contribution in [2.45, 2.75) is 10.3 Å². The Morgan fingerprint density at radius 3 is 1.61 bits per heavy atom. The second-order valence-electron chi connectivity index (χ2n) is 12.1. The molecule has 22 heteroatoms. The van der Waals surface area contributed by atoms with Crippen molar-refractivity contribution in [3.05, 3.63) is 146 Å². The summed E-state index contributed by atoms with van der Waals surface area (Å²) in [5, 5.41) is 11.5. The van der Waals surface area contributed by atoms with Crippen LogP contribution in [0.5, 0.6) is 0 Å². The fourth-order valence-corrected chi connectivity index (χ4v) is 6.39. The molecule has 10 nitrogen and oxygen atoms in total. The molecule has 0 bridgehead atoms. The minimum Gasteiger partial charge on any atom is -0.477 e. The minimum absolute atomic E-state index is 0.0507. The third-order valence-electron chi connectivity index (χ3n) is 8.31. The molecule has 2 N–H and O–H groups in total. The number of carbonyl (C=O) groups is 2. The number of aromatic carboxylic acids is 1. The molecule has 0 saturated carbocycles. The molecule has 312 valence electrons. The van der Waals surface area contributed by atoms with Crippen molar-refractivity contribution in [1.29, 1.82) is 0 Å². The largest absolute Gasteiger partial charge is 0.477 e. The molecule has 0 spiro atoms. The summed E-state index contributed by atoms with van der Waals surface area (Å²) in [6, 6.07) is 7.52. The van der Waals surface area contributed by atoms with Crippen LogP contribution in [0.25, 0.3) is 39.2 Å². The van der Waals surface area contributed by atoms with Crippen molar-refractivity contribution >= 4 is 58.3 Å². The van der Waals surface area contributed by atoms with Crippen molar-refractivity contribution in [2.24, 2.45) is 0 Å². The number of benzene rings is 4. The number of pyridine rings is 1. The van der Waals surface area contributed by atoms with Crippen LogP contribution in [0.1, 0.15) is 20.7 Å². The molecule has 7 aromatic rings. The van der Waals surface area contributed by atoms with Crippen LogP contribution in [-0.2, 0) is 0 Å². The first-order chi connectivity index (χ1) is 28.9. The van der Waals surface area contributed by atoms with E-state index < -0.39 is 92.3 Å². The van der Waals surface area contributed by atoms with E-state index >= 15 is 0 Å². The molecule has 0 radical (unpaired) electrons. The van der Waals surface area contributed by atoms with Crippen LogP contribution in [0.2, 0.25) is 0 Å². The first kappa shape index (κ1) is 43.8. The third kappa shape index (κ3) is 8.89. The number of halogens is 10. The molecule has 4 aromatic carbocycles. The maximum Gasteiger partial charge on any atom is 0.341 e. The SMILES string of the molecule is CSc1nc(-c2ccc(F)cc2F)c2cc(C(=O)O)c(=O)n(-c3c(F)cc(F)cc3F)c2n1.CSc1nc(Nc2c(F)cc(F)cc2F)c(C=O)c(-c2ccc(F)cc2F)n1. The minimum atomic E-state index is -1.75. The van der Waals surface area contributed by atoms with Crippen LogP contribution >= 0.6 is 23.5 Å². The average Bonchev–Trinajstić information content (AvgIpc) is 3.19. The highest BCUT2D eigenvalue weighted by atomic mass is 32.2. The van der Waals surface area contributed by atoms with Gasteiger partial charge in [-0.1, -0.05) is 23.5 Å². The van der Waals surface area contributed by atoms with Gasteiger partial charge in [0.2, 0.25) is 0 Å². The summed E-state index contributed by atoms with van der Waals surface area (Å²) in [6.07, 6.45) is 3.38. The zero-order valence-corrected chi connectivity index (χ0v) is 32.1. The fraction of sp³-hybridized carbons (Fsp3) is 0.0513. The number of nitrogens with zero attached hydrogens (tertiary/aromatic N) is 5. The second kappa shape index (κ2) is 17.8. The normalized spacial score (nSPS) is 11.0. The number of carboxylic acid groups (broad SMARTS) is 1. The molecule has 61 heavy (non-hydrogen) atoms. The van der Waals surface area contributed by atoms with Crippen molar-refractivity contribution in [1.82, 2.24) is 24.5 Å². The van der Waals surface area contributed by atoms with Gasteiger partial charge >= 0.3 is 5.97 Å². The van der Waals surface area contributed by atoms with E-state index in [-0.39, 0.29) is 55.9 Å². The number of aldehydes is 1. The van der Waals surface area contributed by atoms with Gasteiger partial charge in [0.05, 0.1) is 17.0 Å². The molecule has 0 fully saturated rings. The summed E-state index contributed by atoms with van der Waals surface area (Å²) >= 11 is 1.95. The van der Waals surface area contributed by atoms with E-state index in [2.05, 4.69) is 25.3 Å². The Morgan fingerprint density at radius 1 is 0.639 bits per heavy atom. The molecule has 0 amide bonds. The molecule has 0 unspecified atom stereocenters.